The summed E-state index contributed by atoms with van der Waals surface area (Å²) in [4.78, 5) is 3.51. The van der Waals surface area contributed by atoms with Gasteiger partial charge in [0, 0.05) is 5.69 Å². The molecule has 2 rings (SSSR count). The molecule has 0 aliphatic heterocycles. The molecule has 2 aromatic rings. The number of nitrogens with zero attached hydrogens (tertiary/aromatic N) is 1. The van der Waals surface area contributed by atoms with E-state index in [2.05, 4.69) is 15.0 Å². The number of hydrogen-bond acceptors (Lipinski definition) is 4. The van der Waals surface area contributed by atoms with Crippen molar-refractivity contribution in [2.75, 3.05) is 12.4 Å². The second kappa shape index (κ2) is 5.93. The van der Waals surface area contributed by atoms with Crippen molar-refractivity contribution in [3.05, 3.63) is 48.2 Å². The van der Waals surface area contributed by atoms with Gasteiger partial charge in [0.15, 0.2) is 0 Å². The maximum Gasteiger partial charge on any atom is 0.433 e. The molecule has 0 saturated carbocycles. The first kappa shape index (κ1) is 16.2. The zero-order valence-electron chi connectivity index (χ0n) is 11.3. The number of nitrogens with one attached hydrogen (secondary N) is 2. The Morgan fingerprint density at radius 1 is 1.05 bits per heavy atom. The van der Waals surface area contributed by atoms with E-state index in [0.29, 0.717) is 5.69 Å². The Balaban J connectivity index is 2.22. The van der Waals surface area contributed by atoms with Gasteiger partial charge in [0.25, 0.3) is 0 Å². The molecular weight excluding hydrogens is 319 g/mol. The maximum absolute atomic E-state index is 12.6. The second-order valence-electron chi connectivity index (χ2n) is 4.26. The highest BCUT2D eigenvalue weighted by atomic mass is 32.2. The van der Waals surface area contributed by atoms with E-state index in [9.17, 15) is 21.6 Å². The molecule has 118 valence electrons. The van der Waals surface area contributed by atoms with Crippen LogP contribution in [0.25, 0.3) is 0 Å². The Morgan fingerprint density at radius 2 is 1.68 bits per heavy atom. The molecule has 0 aliphatic rings. The fourth-order valence-corrected chi connectivity index (χ4v) is 2.38. The molecule has 9 heteroatoms. The Kier molecular flexibility index (Phi) is 4.38. The lowest BCUT2D eigenvalue weighted by molar-refractivity contribution is -0.141. The summed E-state index contributed by atoms with van der Waals surface area (Å²) in [6.07, 6.45) is -4.53. The standard InChI is InChI=1S/C13H12F3N3O2S/c1-17-22(20,21)10-7-5-9(6-8-10)18-12-4-2-3-11(19-12)13(14,15)16/h2-8,17H,1H3,(H,18,19). The van der Waals surface area contributed by atoms with Crippen LogP contribution in [0.15, 0.2) is 47.4 Å². The highest BCUT2D eigenvalue weighted by molar-refractivity contribution is 7.89. The van der Waals surface area contributed by atoms with Gasteiger partial charge in [-0.05, 0) is 43.4 Å². The normalized spacial score (nSPS) is 12.2. The van der Waals surface area contributed by atoms with E-state index in [1.165, 1.54) is 43.4 Å². The minimum atomic E-state index is -4.53. The third-order valence-electron chi connectivity index (χ3n) is 2.75. The number of benzene rings is 1. The predicted molar refractivity (Wildman–Crippen MR) is 75.2 cm³/mol. The molecule has 0 radical (unpaired) electrons. The fourth-order valence-electron chi connectivity index (χ4n) is 1.65. The van der Waals surface area contributed by atoms with Crippen molar-refractivity contribution >= 4 is 21.5 Å². The Bertz CT molecular complexity index is 759. The van der Waals surface area contributed by atoms with E-state index < -0.39 is 21.9 Å². The number of rotatable bonds is 4. The highest BCUT2D eigenvalue weighted by Gasteiger charge is 2.32. The molecule has 0 fully saturated rings. The number of pyridine rings is 1. The second-order valence-corrected chi connectivity index (χ2v) is 6.15. The lowest BCUT2D eigenvalue weighted by Gasteiger charge is -2.10. The number of sulfonamides is 1. The first-order valence-corrected chi connectivity index (χ1v) is 7.55. The van der Waals surface area contributed by atoms with Crippen molar-refractivity contribution in [1.82, 2.24) is 9.71 Å². The molecule has 1 heterocycles. The smallest absolute Gasteiger partial charge is 0.340 e. The summed E-state index contributed by atoms with van der Waals surface area (Å²) in [6.45, 7) is 0. The quantitative estimate of drug-likeness (QED) is 0.904. The number of halogens is 3. The molecule has 0 amide bonds. The molecule has 5 nitrogen and oxygen atoms in total. The molecule has 2 N–H and O–H groups in total. The van der Waals surface area contributed by atoms with Crippen molar-refractivity contribution in [2.45, 2.75) is 11.1 Å². The summed E-state index contributed by atoms with van der Waals surface area (Å²) in [5, 5.41) is 2.69. The Labute approximate surface area is 125 Å². The van der Waals surface area contributed by atoms with Crippen molar-refractivity contribution in [3.63, 3.8) is 0 Å². The topological polar surface area (TPSA) is 71.1 Å². The molecule has 0 bridgehead atoms. The minimum absolute atomic E-state index is 0.0130. The van der Waals surface area contributed by atoms with E-state index in [0.717, 1.165) is 6.07 Å². The van der Waals surface area contributed by atoms with Crippen molar-refractivity contribution in [2.24, 2.45) is 0 Å². The van der Waals surface area contributed by atoms with Crippen LogP contribution in [0, 0.1) is 0 Å². The molecule has 1 aromatic heterocycles. The van der Waals surface area contributed by atoms with Crippen LogP contribution in [-0.4, -0.2) is 20.4 Å². The molecule has 0 saturated heterocycles. The van der Waals surface area contributed by atoms with Gasteiger partial charge in [0.1, 0.15) is 11.5 Å². The number of anilines is 2. The van der Waals surface area contributed by atoms with Crippen molar-refractivity contribution in [3.8, 4) is 0 Å². The zero-order chi connectivity index (χ0) is 16.4. The van der Waals surface area contributed by atoms with Crippen molar-refractivity contribution < 1.29 is 21.6 Å². The summed E-state index contributed by atoms with van der Waals surface area (Å²) < 4.78 is 63.0. The molecule has 0 spiro atoms. The lowest BCUT2D eigenvalue weighted by atomic mass is 10.3. The van der Waals surface area contributed by atoms with Gasteiger partial charge in [-0.25, -0.2) is 18.1 Å². The maximum atomic E-state index is 12.6. The first-order valence-electron chi connectivity index (χ1n) is 6.07. The van der Waals surface area contributed by atoms with Crippen LogP contribution in [0.2, 0.25) is 0 Å². The molecule has 0 atom stereocenters. The van der Waals surface area contributed by atoms with Gasteiger partial charge in [-0.15, -0.1) is 0 Å². The van der Waals surface area contributed by atoms with Crippen LogP contribution in [0.4, 0.5) is 24.7 Å². The number of hydrogen-bond donors (Lipinski definition) is 2. The summed E-state index contributed by atoms with van der Waals surface area (Å²) >= 11 is 0. The van der Waals surface area contributed by atoms with Gasteiger partial charge in [-0.2, -0.15) is 13.2 Å². The van der Waals surface area contributed by atoms with E-state index in [4.69, 9.17) is 0 Å². The van der Waals surface area contributed by atoms with Crippen LogP contribution in [-0.2, 0) is 16.2 Å². The van der Waals surface area contributed by atoms with E-state index in [1.54, 1.807) is 0 Å². The number of aromatic nitrogens is 1. The van der Waals surface area contributed by atoms with Gasteiger partial charge >= 0.3 is 6.18 Å². The average molecular weight is 331 g/mol. The lowest BCUT2D eigenvalue weighted by Crippen LogP contribution is -2.18. The fraction of sp³-hybridized carbons (Fsp3) is 0.154. The van der Waals surface area contributed by atoms with Crippen LogP contribution >= 0.6 is 0 Å². The zero-order valence-corrected chi connectivity index (χ0v) is 12.2. The summed E-state index contributed by atoms with van der Waals surface area (Å²) in [7, 11) is -2.27. The summed E-state index contributed by atoms with van der Waals surface area (Å²) in [5.41, 5.74) is -0.589. The molecular formula is C13H12F3N3O2S. The van der Waals surface area contributed by atoms with Gasteiger partial charge in [-0.1, -0.05) is 6.07 Å². The van der Waals surface area contributed by atoms with Crippen LogP contribution < -0.4 is 10.0 Å². The Hall–Kier alpha value is -2.13. The third-order valence-corrected chi connectivity index (χ3v) is 4.18. The SMILES string of the molecule is CNS(=O)(=O)c1ccc(Nc2cccc(C(F)(F)F)n2)cc1. The summed E-state index contributed by atoms with van der Waals surface area (Å²) in [5.74, 6) is 0.0130. The monoisotopic (exact) mass is 331 g/mol. The third kappa shape index (κ3) is 3.74. The van der Waals surface area contributed by atoms with Gasteiger partial charge in [-0.3, -0.25) is 0 Å². The Morgan fingerprint density at radius 3 is 2.23 bits per heavy atom. The largest absolute Gasteiger partial charge is 0.433 e. The van der Waals surface area contributed by atoms with E-state index in [-0.39, 0.29) is 10.7 Å². The summed E-state index contributed by atoms with van der Waals surface area (Å²) in [6, 6.07) is 9.03. The van der Waals surface area contributed by atoms with Crippen molar-refractivity contribution in [1.29, 1.82) is 0 Å². The molecule has 22 heavy (non-hydrogen) atoms. The average Bonchev–Trinajstić information content (AvgIpc) is 2.47. The number of alkyl halides is 3. The minimum Gasteiger partial charge on any atom is -0.340 e. The van der Waals surface area contributed by atoms with Gasteiger partial charge in [0.2, 0.25) is 10.0 Å². The van der Waals surface area contributed by atoms with E-state index >= 15 is 0 Å². The molecule has 0 unspecified atom stereocenters. The van der Waals surface area contributed by atoms with E-state index in [1.807, 2.05) is 0 Å². The van der Waals surface area contributed by atoms with Crippen LogP contribution in [0.1, 0.15) is 5.69 Å². The van der Waals surface area contributed by atoms with Gasteiger partial charge in [0.05, 0.1) is 4.90 Å². The van der Waals surface area contributed by atoms with Crippen LogP contribution in [0.5, 0.6) is 0 Å². The molecule has 0 aliphatic carbocycles. The predicted octanol–water partition coefficient (Wildman–Crippen LogP) is 2.75. The highest BCUT2D eigenvalue weighted by Crippen LogP contribution is 2.28. The van der Waals surface area contributed by atoms with Crippen LogP contribution in [0.3, 0.4) is 0 Å². The van der Waals surface area contributed by atoms with Gasteiger partial charge < -0.3 is 5.32 Å². The first-order chi connectivity index (χ1) is 10.2. The molecule has 1 aromatic carbocycles.